The Hall–Kier alpha value is -3.00. The number of imide groups is 1. The van der Waals surface area contributed by atoms with Crippen LogP contribution in [0, 0.1) is 11.8 Å². The fraction of sp³-hybridized carbons (Fsp3) is 0.455. The van der Waals surface area contributed by atoms with E-state index in [-0.39, 0.29) is 29.9 Å². The van der Waals surface area contributed by atoms with Gasteiger partial charge in [0.1, 0.15) is 6.04 Å². The molecule has 8 heteroatoms. The Kier molecular flexibility index (Phi) is 4.66. The van der Waals surface area contributed by atoms with Gasteiger partial charge in [-0.1, -0.05) is 24.3 Å². The van der Waals surface area contributed by atoms with E-state index in [2.05, 4.69) is 10.3 Å². The molecule has 3 fully saturated rings. The number of carbonyl (C=O) groups excluding carboxylic acids is 3. The van der Waals surface area contributed by atoms with Crippen molar-refractivity contribution in [3.05, 3.63) is 54.1 Å². The summed E-state index contributed by atoms with van der Waals surface area (Å²) in [5.41, 5.74) is 2.08. The monoisotopic (exact) mass is 408 g/mol. The summed E-state index contributed by atoms with van der Waals surface area (Å²) < 4.78 is 7.72. The molecule has 1 aromatic heterocycles. The molecule has 2 bridgehead atoms. The SMILES string of the molecule is C[C@H](C(=O)NCc1ccc(Cn2ccnc2)cc1)N1C(=O)[C@@H]2[C@@H](C1=O)[C@H]1CC[C@H]2O1. The number of imidazole rings is 1. The van der Waals surface area contributed by atoms with E-state index in [1.807, 2.05) is 35.0 Å². The molecule has 2 aromatic rings. The Balaban J connectivity index is 1.19. The second kappa shape index (κ2) is 7.36. The van der Waals surface area contributed by atoms with Crippen LogP contribution in [0.25, 0.3) is 0 Å². The lowest BCUT2D eigenvalue weighted by atomic mass is 9.81. The third-order valence-corrected chi connectivity index (χ3v) is 6.50. The normalized spacial score (nSPS) is 28.1. The maximum atomic E-state index is 12.8. The smallest absolute Gasteiger partial charge is 0.243 e. The number of rotatable bonds is 6. The van der Waals surface area contributed by atoms with Crippen molar-refractivity contribution in [1.82, 2.24) is 19.8 Å². The molecule has 0 aliphatic carbocycles. The molecule has 0 saturated carbocycles. The van der Waals surface area contributed by atoms with Crippen LogP contribution in [0.4, 0.5) is 0 Å². The van der Waals surface area contributed by atoms with Crippen LogP contribution in [0.1, 0.15) is 30.9 Å². The van der Waals surface area contributed by atoms with Gasteiger partial charge >= 0.3 is 0 Å². The van der Waals surface area contributed by atoms with Gasteiger partial charge in [0.25, 0.3) is 0 Å². The average molecular weight is 408 g/mol. The lowest BCUT2D eigenvalue weighted by Gasteiger charge is -2.24. The predicted octanol–water partition coefficient (Wildman–Crippen LogP) is 1.10. The molecule has 156 valence electrons. The number of hydrogen-bond donors (Lipinski definition) is 1. The first-order valence-corrected chi connectivity index (χ1v) is 10.4. The van der Waals surface area contributed by atoms with E-state index in [1.165, 1.54) is 0 Å². The molecule has 4 heterocycles. The highest BCUT2D eigenvalue weighted by atomic mass is 16.5. The van der Waals surface area contributed by atoms with Gasteiger partial charge in [-0.15, -0.1) is 0 Å². The van der Waals surface area contributed by atoms with Crippen molar-refractivity contribution in [3.63, 3.8) is 0 Å². The number of amides is 3. The van der Waals surface area contributed by atoms with E-state index in [0.29, 0.717) is 6.54 Å². The number of benzene rings is 1. The molecular formula is C22H24N4O4. The summed E-state index contributed by atoms with van der Waals surface area (Å²) in [4.78, 5) is 43.5. The van der Waals surface area contributed by atoms with Crippen molar-refractivity contribution in [3.8, 4) is 0 Å². The first-order valence-electron chi connectivity index (χ1n) is 10.4. The summed E-state index contributed by atoms with van der Waals surface area (Å²) in [7, 11) is 0. The van der Waals surface area contributed by atoms with E-state index >= 15 is 0 Å². The molecular weight excluding hydrogens is 384 g/mol. The van der Waals surface area contributed by atoms with E-state index in [9.17, 15) is 14.4 Å². The number of nitrogens with zero attached hydrogens (tertiary/aromatic N) is 3. The maximum Gasteiger partial charge on any atom is 0.243 e. The lowest BCUT2D eigenvalue weighted by molar-refractivity contribution is -0.149. The van der Waals surface area contributed by atoms with E-state index in [0.717, 1.165) is 35.4 Å². The first-order chi connectivity index (χ1) is 14.5. The molecule has 1 N–H and O–H groups in total. The number of nitrogens with one attached hydrogen (secondary N) is 1. The minimum Gasteiger partial charge on any atom is -0.373 e. The van der Waals surface area contributed by atoms with E-state index in [4.69, 9.17) is 4.74 Å². The van der Waals surface area contributed by atoms with Gasteiger partial charge in [0.15, 0.2) is 0 Å². The molecule has 0 unspecified atom stereocenters. The third kappa shape index (κ3) is 3.11. The van der Waals surface area contributed by atoms with Crippen LogP contribution in [0.15, 0.2) is 43.0 Å². The Morgan fingerprint density at radius 2 is 1.77 bits per heavy atom. The molecule has 1 aromatic carbocycles. The fourth-order valence-corrected chi connectivity index (χ4v) is 4.92. The first kappa shape index (κ1) is 19.0. The predicted molar refractivity (Wildman–Crippen MR) is 106 cm³/mol. The quantitative estimate of drug-likeness (QED) is 0.723. The topological polar surface area (TPSA) is 93.5 Å². The summed E-state index contributed by atoms with van der Waals surface area (Å²) in [5, 5.41) is 2.85. The lowest BCUT2D eigenvalue weighted by Crippen LogP contribution is -2.49. The number of ether oxygens (including phenoxy) is 1. The number of carbonyl (C=O) groups is 3. The standard InChI is InChI=1S/C22H24N4O4/c1-13(26-21(28)18-16-6-7-17(30-16)19(18)22(26)29)20(27)24-10-14-2-4-15(5-3-14)11-25-9-8-23-12-25/h2-5,8-9,12-13,16-19H,6-7,10-11H2,1H3,(H,24,27)/t13-,16-,17-,18+,19+/m1/s1. The van der Waals surface area contributed by atoms with Gasteiger partial charge in [0.05, 0.1) is 30.4 Å². The molecule has 30 heavy (non-hydrogen) atoms. The van der Waals surface area contributed by atoms with Gasteiger partial charge in [-0.05, 0) is 30.9 Å². The summed E-state index contributed by atoms with van der Waals surface area (Å²) in [6.45, 7) is 2.69. The average Bonchev–Trinajstić information content (AvgIpc) is 3.53. The molecule has 8 nitrogen and oxygen atoms in total. The van der Waals surface area contributed by atoms with Crippen LogP contribution >= 0.6 is 0 Å². The summed E-state index contributed by atoms with van der Waals surface area (Å²) in [6.07, 6.45) is 6.71. The van der Waals surface area contributed by atoms with Gasteiger partial charge in [-0.3, -0.25) is 19.3 Å². The molecule has 5 atom stereocenters. The molecule has 3 aliphatic rings. The fourth-order valence-electron chi connectivity index (χ4n) is 4.92. The second-order valence-corrected chi connectivity index (χ2v) is 8.33. The number of hydrogen-bond acceptors (Lipinski definition) is 5. The van der Waals surface area contributed by atoms with Crippen LogP contribution in [-0.4, -0.2) is 50.4 Å². The maximum absolute atomic E-state index is 12.8. The van der Waals surface area contributed by atoms with Gasteiger partial charge in [-0.25, -0.2) is 4.98 Å². The van der Waals surface area contributed by atoms with Crippen LogP contribution in [-0.2, 0) is 32.2 Å². The zero-order valence-electron chi connectivity index (χ0n) is 16.7. The summed E-state index contributed by atoms with van der Waals surface area (Å²) in [5.74, 6) is -1.66. The zero-order valence-corrected chi connectivity index (χ0v) is 16.7. The van der Waals surface area contributed by atoms with Crippen molar-refractivity contribution in [1.29, 1.82) is 0 Å². The summed E-state index contributed by atoms with van der Waals surface area (Å²) >= 11 is 0. The van der Waals surface area contributed by atoms with Crippen molar-refractivity contribution in [2.45, 2.75) is 51.1 Å². The largest absolute Gasteiger partial charge is 0.373 e. The molecule has 3 amide bonds. The molecule has 5 rings (SSSR count). The molecule has 0 spiro atoms. The van der Waals surface area contributed by atoms with E-state index < -0.39 is 17.9 Å². The highest BCUT2D eigenvalue weighted by molar-refractivity contribution is 6.09. The Morgan fingerprint density at radius 3 is 2.37 bits per heavy atom. The van der Waals surface area contributed by atoms with Crippen LogP contribution < -0.4 is 5.32 Å². The van der Waals surface area contributed by atoms with Gasteiger partial charge < -0.3 is 14.6 Å². The summed E-state index contributed by atoms with van der Waals surface area (Å²) in [6, 6.07) is 7.12. The van der Waals surface area contributed by atoms with Crippen molar-refractivity contribution in [2.24, 2.45) is 11.8 Å². The van der Waals surface area contributed by atoms with Crippen LogP contribution in [0.5, 0.6) is 0 Å². The van der Waals surface area contributed by atoms with E-state index in [1.54, 1.807) is 19.4 Å². The molecule has 0 radical (unpaired) electrons. The zero-order chi connectivity index (χ0) is 20.8. The van der Waals surface area contributed by atoms with Gasteiger partial charge in [-0.2, -0.15) is 0 Å². The van der Waals surface area contributed by atoms with Crippen molar-refractivity contribution in [2.75, 3.05) is 0 Å². The van der Waals surface area contributed by atoms with Crippen molar-refractivity contribution < 1.29 is 19.1 Å². The Bertz CT molecular complexity index is 944. The van der Waals surface area contributed by atoms with Crippen LogP contribution in [0.3, 0.4) is 0 Å². The van der Waals surface area contributed by atoms with Gasteiger partial charge in [0.2, 0.25) is 17.7 Å². The minimum absolute atomic E-state index is 0.169. The van der Waals surface area contributed by atoms with Crippen LogP contribution in [0.2, 0.25) is 0 Å². The number of aromatic nitrogens is 2. The number of likely N-dealkylation sites (tertiary alicyclic amines) is 1. The Morgan fingerprint density at radius 1 is 1.13 bits per heavy atom. The van der Waals surface area contributed by atoms with Crippen molar-refractivity contribution >= 4 is 17.7 Å². The highest BCUT2D eigenvalue weighted by Crippen LogP contribution is 2.48. The minimum atomic E-state index is -0.824. The highest BCUT2D eigenvalue weighted by Gasteiger charge is 2.63. The second-order valence-electron chi connectivity index (χ2n) is 8.33. The third-order valence-electron chi connectivity index (χ3n) is 6.50. The number of fused-ring (bicyclic) bond motifs is 5. The molecule has 3 aliphatic heterocycles. The van der Waals surface area contributed by atoms with Gasteiger partial charge in [0, 0.05) is 25.5 Å². The Labute approximate surface area is 174 Å². The molecule has 3 saturated heterocycles.